The van der Waals surface area contributed by atoms with Crippen LogP contribution in [-0.2, 0) is 19.6 Å². The molecule has 1 heterocycles. The number of nitrogens with one attached hydrogen (secondary N) is 2. The summed E-state index contributed by atoms with van der Waals surface area (Å²) in [7, 11) is -3.55. The zero-order chi connectivity index (χ0) is 18.4. The van der Waals surface area contributed by atoms with Crippen LogP contribution in [0.15, 0.2) is 47.1 Å². The lowest BCUT2D eigenvalue weighted by molar-refractivity contribution is -0.125. The number of sulfonamides is 1. The molecule has 1 amide bonds. The molecule has 0 aliphatic rings. The normalized spacial score (nSPS) is 12.2. The molecule has 2 rings (SSSR count). The van der Waals surface area contributed by atoms with E-state index in [1.807, 2.05) is 0 Å². The molecule has 9 heteroatoms. The number of rotatable bonds is 7. The van der Waals surface area contributed by atoms with Gasteiger partial charge in [-0.3, -0.25) is 9.52 Å². The minimum Gasteiger partial charge on any atom is -0.467 e. The van der Waals surface area contributed by atoms with Crippen molar-refractivity contribution in [1.82, 2.24) is 5.32 Å². The van der Waals surface area contributed by atoms with E-state index in [0.717, 1.165) is 6.26 Å². The molecular formula is C16H18N2O6S. The number of carbonyl (C=O) groups excluding carboxylic acids is 2. The average molecular weight is 366 g/mol. The van der Waals surface area contributed by atoms with Crippen LogP contribution in [0.4, 0.5) is 5.69 Å². The summed E-state index contributed by atoms with van der Waals surface area (Å²) in [4.78, 5) is 24.0. The van der Waals surface area contributed by atoms with Crippen LogP contribution < -0.4 is 10.0 Å². The Morgan fingerprint density at radius 1 is 1.20 bits per heavy atom. The third kappa shape index (κ3) is 5.64. The minimum absolute atomic E-state index is 0.0137. The number of carbonyl (C=O) groups is 2. The first-order valence-corrected chi connectivity index (χ1v) is 9.22. The molecular weight excluding hydrogens is 348 g/mol. The molecule has 134 valence electrons. The molecule has 0 fully saturated rings. The zero-order valence-corrected chi connectivity index (χ0v) is 14.5. The maximum atomic E-state index is 12.1. The van der Waals surface area contributed by atoms with Crippen LogP contribution >= 0.6 is 0 Å². The van der Waals surface area contributed by atoms with Crippen molar-refractivity contribution in [3.05, 3.63) is 54.0 Å². The van der Waals surface area contributed by atoms with Gasteiger partial charge in [-0.1, -0.05) is 12.1 Å². The third-order valence-corrected chi connectivity index (χ3v) is 3.71. The summed E-state index contributed by atoms with van der Waals surface area (Å²) < 4.78 is 35.0. The molecule has 8 nitrogen and oxygen atoms in total. The van der Waals surface area contributed by atoms with Crippen LogP contribution in [0.2, 0.25) is 0 Å². The molecule has 0 unspecified atom stereocenters. The van der Waals surface area contributed by atoms with Crippen LogP contribution in [0.3, 0.4) is 0 Å². The SMILES string of the molecule is C[C@H](NC(=O)COC(=O)c1ccccc1NS(C)(=O)=O)c1ccco1. The second-order valence-corrected chi connectivity index (χ2v) is 7.05. The first-order valence-electron chi connectivity index (χ1n) is 7.33. The number of ether oxygens (including phenoxy) is 1. The molecule has 2 N–H and O–H groups in total. The Bertz CT molecular complexity index is 845. The third-order valence-electron chi connectivity index (χ3n) is 3.12. The fraction of sp³-hybridized carbons (Fsp3) is 0.250. The summed E-state index contributed by atoms with van der Waals surface area (Å²) in [5, 5.41) is 2.62. The molecule has 1 aromatic heterocycles. The van der Waals surface area contributed by atoms with Crippen molar-refractivity contribution in [3.63, 3.8) is 0 Å². The van der Waals surface area contributed by atoms with Crippen molar-refractivity contribution < 1.29 is 27.2 Å². The predicted octanol–water partition coefficient (Wildman–Crippen LogP) is 1.69. The summed E-state index contributed by atoms with van der Waals surface area (Å²) in [5.41, 5.74) is 0.0965. The molecule has 0 spiro atoms. The van der Waals surface area contributed by atoms with Crippen molar-refractivity contribution in [2.45, 2.75) is 13.0 Å². The lowest BCUT2D eigenvalue weighted by Gasteiger charge is -2.13. The van der Waals surface area contributed by atoms with Gasteiger partial charge in [0, 0.05) is 0 Å². The van der Waals surface area contributed by atoms with Gasteiger partial charge in [0.2, 0.25) is 10.0 Å². The summed E-state index contributed by atoms with van der Waals surface area (Å²) in [6.45, 7) is 1.22. The number of para-hydroxylation sites is 1. The lowest BCUT2D eigenvalue weighted by Crippen LogP contribution is -2.31. The predicted molar refractivity (Wildman–Crippen MR) is 90.5 cm³/mol. The van der Waals surface area contributed by atoms with E-state index in [4.69, 9.17) is 9.15 Å². The average Bonchev–Trinajstić information content (AvgIpc) is 3.06. The summed E-state index contributed by atoms with van der Waals surface area (Å²) >= 11 is 0. The number of anilines is 1. The fourth-order valence-corrected chi connectivity index (χ4v) is 2.63. The van der Waals surface area contributed by atoms with Crippen molar-refractivity contribution >= 4 is 27.6 Å². The van der Waals surface area contributed by atoms with Gasteiger partial charge in [-0.15, -0.1) is 0 Å². The molecule has 0 aliphatic heterocycles. The smallest absolute Gasteiger partial charge is 0.340 e. The van der Waals surface area contributed by atoms with E-state index < -0.39 is 28.5 Å². The van der Waals surface area contributed by atoms with E-state index >= 15 is 0 Å². The Kier molecular flexibility index (Phi) is 5.81. The Labute approximate surface area is 145 Å². The second kappa shape index (κ2) is 7.84. The second-order valence-electron chi connectivity index (χ2n) is 5.30. The Morgan fingerprint density at radius 2 is 1.92 bits per heavy atom. The van der Waals surface area contributed by atoms with E-state index in [1.54, 1.807) is 31.2 Å². The molecule has 0 saturated heterocycles. The molecule has 1 atom stereocenters. The highest BCUT2D eigenvalue weighted by molar-refractivity contribution is 7.92. The molecule has 1 aromatic carbocycles. The van der Waals surface area contributed by atoms with E-state index in [2.05, 4.69) is 10.0 Å². The monoisotopic (exact) mass is 366 g/mol. The van der Waals surface area contributed by atoms with Gasteiger partial charge in [0.05, 0.1) is 29.8 Å². The number of esters is 1. The molecule has 0 aliphatic carbocycles. The van der Waals surface area contributed by atoms with Crippen molar-refractivity contribution in [2.24, 2.45) is 0 Å². The molecule has 0 saturated carbocycles. The molecule has 0 bridgehead atoms. The van der Waals surface area contributed by atoms with Gasteiger partial charge in [-0.05, 0) is 31.2 Å². The van der Waals surface area contributed by atoms with Gasteiger partial charge in [-0.2, -0.15) is 0 Å². The number of hydrogen-bond acceptors (Lipinski definition) is 6. The van der Waals surface area contributed by atoms with Crippen LogP contribution in [0.5, 0.6) is 0 Å². The standard InChI is InChI=1S/C16H18N2O6S/c1-11(14-8-5-9-23-14)17-15(19)10-24-16(20)12-6-3-4-7-13(12)18-25(2,21)22/h3-9,11,18H,10H2,1-2H3,(H,17,19)/t11-/m0/s1. The van der Waals surface area contributed by atoms with Crippen molar-refractivity contribution in [1.29, 1.82) is 0 Å². The maximum Gasteiger partial charge on any atom is 0.340 e. The fourth-order valence-electron chi connectivity index (χ4n) is 2.05. The largest absolute Gasteiger partial charge is 0.467 e. The summed E-state index contributed by atoms with van der Waals surface area (Å²) in [6, 6.07) is 9.00. The Hall–Kier alpha value is -2.81. The highest BCUT2D eigenvalue weighted by Gasteiger charge is 2.17. The van der Waals surface area contributed by atoms with Gasteiger partial charge in [0.25, 0.3) is 5.91 Å². The van der Waals surface area contributed by atoms with Gasteiger partial charge < -0.3 is 14.5 Å². The summed E-state index contributed by atoms with van der Waals surface area (Å²) in [6.07, 6.45) is 2.46. The van der Waals surface area contributed by atoms with Crippen LogP contribution in [-0.4, -0.2) is 33.2 Å². The number of amides is 1. The number of furan rings is 1. The topological polar surface area (TPSA) is 115 Å². The highest BCUT2D eigenvalue weighted by atomic mass is 32.2. The van der Waals surface area contributed by atoms with E-state index in [-0.39, 0.29) is 17.3 Å². The highest BCUT2D eigenvalue weighted by Crippen LogP contribution is 2.17. The van der Waals surface area contributed by atoms with E-state index in [1.165, 1.54) is 18.4 Å². The van der Waals surface area contributed by atoms with Gasteiger partial charge >= 0.3 is 5.97 Å². The quantitative estimate of drug-likeness (QED) is 0.721. The first kappa shape index (κ1) is 18.5. The van der Waals surface area contributed by atoms with Crippen molar-refractivity contribution in [3.8, 4) is 0 Å². The Morgan fingerprint density at radius 3 is 2.56 bits per heavy atom. The van der Waals surface area contributed by atoms with Gasteiger partial charge in [0.1, 0.15) is 5.76 Å². The first-order chi connectivity index (χ1) is 11.8. The lowest BCUT2D eigenvalue weighted by atomic mass is 10.2. The molecule has 25 heavy (non-hydrogen) atoms. The Balaban J connectivity index is 1.95. The van der Waals surface area contributed by atoms with Gasteiger partial charge in [0.15, 0.2) is 6.61 Å². The van der Waals surface area contributed by atoms with Crippen LogP contribution in [0, 0.1) is 0 Å². The van der Waals surface area contributed by atoms with E-state index in [9.17, 15) is 18.0 Å². The van der Waals surface area contributed by atoms with Crippen LogP contribution in [0.1, 0.15) is 29.1 Å². The summed E-state index contributed by atoms with van der Waals surface area (Å²) in [5.74, 6) is -0.749. The maximum absolute atomic E-state index is 12.1. The molecule has 0 radical (unpaired) electrons. The zero-order valence-electron chi connectivity index (χ0n) is 13.7. The molecule has 2 aromatic rings. The van der Waals surface area contributed by atoms with Crippen LogP contribution in [0.25, 0.3) is 0 Å². The van der Waals surface area contributed by atoms with Crippen molar-refractivity contribution in [2.75, 3.05) is 17.6 Å². The number of benzene rings is 1. The van der Waals surface area contributed by atoms with E-state index in [0.29, 0.717) is 5.76 Å². The minimum atomic E-state index is -3.55. The number of hydrogen-bond donors (Lipinski definition) is 2. The van der Waals surface area contributed by atoms with Gasteiger partial charge in [-0.25, -0.2) is 13.2 Å².